The van der Waals surface area contributed by atoms with Gasteiger partial charge in [0.25, 0.3) is 0 Å². The summed E-state index contributed by atoms with van der Waals surface area (Å²) < 4.78 is 5.20. The van der Waals surface area contributed by atoms with Crippen molar-refractivity contribution in [2.75, 3.05) is 12.5 Å². The standard InChI is InChI=1S/C16H26ClNO3/c1-12(2)16(20)18-14(11-21-15(19)8-9-17)10-13-6-4-3-5-7-13/h13-14H,1,3-11H2,2H3,(H,18,20). The molecule has 0 spiro atoms. The van der Waals surface area contributed by atoms with Gasteiger partial charge in [-0.25, -0.2) is 0 Å². The molecule has 0 aromatic carbocycles. The van der Waals surface area contributed by atoms with Crippen molar-refractivity contribution < 1.29 is 14.3 Å². The van der Waals surface area contributed by atoms with Crippen LogP contribution in [0, 0.1) is 5.92 Å². The maximum atomic E-state index is 11.8. The Morgan fingerprint density at radius 1 is 1.33 bits per heavy atom. The second kappa shape index (κ2) is 9.82. The normalized spacial score (nSPS) is 17.0. The fourth-order valence-corrected chi connectivity index (χ4v) is 2.80. The van der Waals surface area contributed by atoms with Crippen LogP contribution in [0.2, 0.25) is 0 Å². The summed E-state index contributed by atoms with van der Waals surface area (Å²) in [5, 5.41) is 2.91. The molecule has 0 aromatic heterocycles. The molecule has 4 nitrogen and oxygen atoms in total. The van der Waals surface area contributed by atoms with E-state index in [1.54, 1.807) is 6.92 Å². The van der Waals surface area contributed by atoms with Crippen molar-refractivity contribution in [2.24, 2.45) is 5.92 Å². The minimum Gasteiger partial charge on any atom is -0.463 e. The number of alkyl halides is 1. The van der Waals surface area contributed by atoms with Crippen molar-refractivity contribution >= 4 is 23.5 Å². The summed E-state index contributed by atoms with van der Waals surface area (Å²) in [4.78, 5) is 23.2. The molecule has 1 aliphatic rings. The van der Waals surface area contributed by atoms with Crippen LogP contribution in [0.25, 0.3) is 0 Å². The summed E-state index contributed by atoms with van der Waals surface area (Å²) in [5.41, 5.74) is 0.468. The highest BCUT2D eigenvalue weighted by Crippen LogP contribution is 2.27. The van der Waals surface area contributed by atoms with Gasteiger partial charge in [0.15, 0.2) is 0 Å². The van der Waals surface area contributed by atoms with E-state index in [-0.39, 0.29) is 36.8 Å². The smallest absolute Gasteiger partial charge is 0.307 e. The maximum absolute atomic E-state index is 11.8. The average molecular weight is 316 g/mol. The van der Waals surface area contributed by atoms with Crippen LogP contribution in [0.5, 0.6) is 0 Å². The molecule has 0 aromatic rings. The summed E-state index contributed by atoms with van der Waals surface area (Å²) in [6.45, 7) is 5.53. The summed E-state index contributed by atoms with van der Waals surface area (Å²) in [6.07, 6.45) is 7.23. The van der Waals surface area contributed by atoms with Gasteiger partial charge in [0, 0.05) is 11.5 Å². The van der Waals surface area contributed by atoms with Crippen molar-refractivity contribution in [2.45, 2.75) is 57.9 Å². The maximum Gasteiger partial charge on any atom is 0.307 e. The minimum absolute atomic E-state index is 0.142. The second-order valence-electron chi connectivity index (χ2n) is 5.81. The Morgan fingerprint density at radius 2 is 2.00 bits per heavy atom. The lowest BCUT2D eigenvalue weighted by atomic mass is 9.85. The molecule has 1 aliphatic carbocycles. The van der Waals surface area contributed by atoms with Gasteiger partial charge in [-0.05, 0) is 19.3 Å². The van der Waals surface area contributed by atoms with Gasteiger partial charge in [0.1, 0.15) is 6.61 Å². The number of esters is 1. The fraction of sp³-hybridized carbons (Fsp3) is 0.750. The van der Waals surface area contributed by atoms with Crippen LogP contribution >= 0.6 is 11.6 Å². The van der Waals surface area contributed by atoms with Crippen molar-refractivity contribution in [3.05, 3.63) is 12.2 Å². The van der Waals surface area contributed by atoms with E-state index in [1.807, 2.05) is 0 Å². The van der Waals surface area contributed by atoms with Gasteiger partial charge < -0.3 is 10.1 Å². The number of hydrogen-bond acceptors (Lipinski definition) is 3. The first-order valence-corrected chi connectivity index (χ1v) is 8.24. The SMILES string of the molecule is C=C(C)C(=O)NC(COC(=O)CCCl)CC1CCCCC1. The molecule has 0 heterocycles. The van der Waals surface area contributed by atoms with Crippen LogP contribution in [-0.2, 0) is 14.3 Å². The number of rotatable bonds is 8. The minimum atomic E-state index is -0.316. The molecule has 1 unspecified atom stereocenters. The zero-order valence-electron chi connectivity index (χ0n) is 12.8. The van der Waals surface area contributed by atoms with Crippen LogP contribution in [0.1, 0.15) is 51.9 Å². The van der Waals surface area contributed by atoms with E-state index in [0.717, 1.165) is 6.42 Å². The molecule has 1 N–H and O–H groups in total. The molecule has 0 radical (unpaired) electrons. The molecule has 0 bridgehead atoms. The lowest BCUT2D eigenvalue weighted by Gasteiger charge is -2.27. The fourth-order valence-electron chi connectivity index (χ4n) is 2.65. The zero-order valence-corrected chi connectivity index (χ0v) is 13.6. The zero-order chi connectivity index (χ0) is 15.7. The summed E-state index contributed by atoms with van der Waals surface area (Å²) in [5.74, 6) is 0.359. The number of carbonyl (C=O) groups is 2. The van der Waals surface area contributed by atoms with Gasteiger partial charge in [-0.2, -0.15) is 0 Å². The third-order valence-corrected chi connectivity index (χ3v) is 4.00. The lowest BCUT2D eigenvalue weighted by molar-refractivity contribution is -0.144. The molecule has 0 aliphatic heterocycles. The van der Waals surface area contributed by atoms with Gasteiger partial charge in [-0.15, -0.1) is 11.6 Å². The van der Waals surface area contributed by atoms with Gasteiger partial charge in [-0.1, -0.05) is 38.7 Å². The summed E-state index contributed by atoms with van der Waals surface area (Å²) in [6, 6.07) is -0.142. The van der Waals surface area contributed by atoms with Crippen LogP contribution in [0.15, 0.2) is 12.2 Å². The van der Waals surface area contributed by atoms with Crippen molar-refractivity contribution in [1.82, 2.24) is 5.32 Å². The van der Waals surface area contributed by atoms with E-state index < -0.39 is 0 Å². The van der Waals surface area contributed by atoms with E-state index in [1.165, 1.54) is 32.1 Å². The third kappa shape index (κ3) is 7.51. The average Bonchev–Trinajstić information content (AvgIpc) is 2.46. The van der Waals surface area contributed by atoms with Crippen LogP contribution in [0.3, 0.4) is 0 Å². The molecule has 0 saturated heterocycles. The van der Waals surface area contributed by atoms with Crippen LogP contribution in [-0.4, -0.2) is 30.4 Å². The van der Waals surface area contributed by atoms with Crippen molar-refractivity contribution in [3.8, 4) is 0 Å². The van der Waals surface area contributed by atoms with Gasteiger partial charge in [0.2, 0.25) is 5.91 Å². The Morgan fingerprint density at radius 3 is 2.57 bits per heavy atom. The summed E-state index contributed by atoms with van der Waals surface area (Å²) in [7, 11) is 0. The van der Waals surface area contributed by atoms with E-state index in [0.29, 0.717) is 11.5 Å². The topological polar surface area (TPSA) is 55.4 Å². The first-order chi connectivity index (χ1) is 10.0. The Kier molecular flexibility index (Phi) is 8.43. The predicted octanol–water partition coefficient (Wildman–Crippen LogP) is 3.19. The third-order valence-electron chi connectivity index (χ3n) is 3.81. The number of hydrogen-bond donors (Lipinski definition) is 1. The van der Waals surface area contributed by atoms with E-state index >= 15 is 0 Å². The first kappa shape index (κ1) is 18.0. The predicted molar refractivity (Wildman–Crippen MR) is 84.2 cm³/mol. The highest BCUT2D eigenvalue weighted by Gasteiger charge is 2.21. The Bertz CT molecular complexity index is 365. The highest BCUT2D eigenvalue weighted by atomic mass is 35.5. The van der Waals surface area contributed by atoms with Crippen molar-refractivity contribution in [3.63, 3.8) is 0 Å². The Labute approximate surface area is 132 Å². The van der Waals surface area contributed by atoms with E-state index in [2.05, 4.69) is 11.9 Å². The summed E-state index contributed by atoms with van der Waals surface area (Å²) >= 11 is 5.51. The van der Waals surface area contributed by atoms with E-state index in [4.69, 9.17) is 16.3 Å². The monoisotopic (exact) mass is 315 g/mol. The quantitative estimate of drug-likeness (QED) is 0.425. The Hall–Kier alpha value is -1.03. The molecular formula is C16H26ClNO3. The number of carbonyl (C=O) groups excluding carboxylic acids is 2. The van der Waals surface area contributed by atoms with Gasteiger partial charge in [0.05, 0.1) is 12.5 Å². The largest absolute Gasteiger partial charge is 0.463 e. The number of ether oxygens (including phenoxy) is 1. The second-order valence-corrected chi connectivity index (χ2v) is 6.19. The lowest BCUT2D eigenvalue weighted by Crippen LogP contribution is -2.40. The van der Waals surface area contributed by atoms with Crippen LogP contribution in [0.4, 0.5) is 0 Å². The van der Waals surface area contributed by atoms with Gasteiger partial charge in [-0.3, -0.25) is 9.59 Å². The molecule has 1 atom stereocenters. The Balaban J connectivity index is 2.49. The molecular weight excluding hydrogens is 290 g/mol. The molecule has 1 saturated carbocycles. The molecule has 1 amide bonds. The number of amides is 1. The number of halogens is 1. The van der Waals surface area contributed by atoms with Crippen molar-refractivity contribution in [1.29, 1.82) is 0 Å². The van der Waals surface area contributed by atoms with Crippen LogP contribution < -0.4 is 5.32 Å². The molecule has 1 rings (SSSR count). The molecule has 5 heteroatoms. The van der Waals surface area contributed by atoms with E-state index in [9.17, 15) is 9.59 Å². The number of nitrogens with one attached hydrogen (secondary N) is 1. The molecule has 120 valence electrons. The highest BCUT2D eigenvalue weighted by molar-refractivity contribution is 6.18. The van der Waals surface area contributed by atoms with Gasteiger partial charge >= 0.3 is 5.97 Å². The molecule has 21 heavy (non-hydrogen) atoms. The molecule has 1 fully saturated rings. The first-order valence-electron chi connectivity index (χ1n) is 7.71.